The summed E-state index contributed by atoms with van der Waals surface area (Å²) in [5.41, 5.74) is 1.22. The van der Waals surface area contributed by atoms with Crippen molar-refractivity contribution < 1.29 is 9.84 Å². The Morgan fingerprint density at radius 3 is 2.63 bits per heavy atom. The van der Waals surface area contributed by atoms with Crippen molar-refractivity contribution >= 4 is 11.9 Å². The van der Waals surface area contributed by atoms with Gasteiger partial charge in [-0.15, -0.1) is 6.58 Å². The van der Waals surface area contributed by atoms with Crippen LogP contribution in [0.15, 0.2) is 24.3 Å². The fraction of sp³-hybridized carbons (Fsp3) is 0.818. The van der Waals surface area contributed by atoms with Crippen LogP contribution in [0.1, 0.15) is 79.1 Å². The summed E-state index contributed by atoms with van der Waals surface area (Å²) in [4.78, 5) is 0. The lowest BCUT2D eigenvalue weighted by Crippen LogP contribution is -2.39. The summed E-state index contributed by atoms with van der Waals surface area (Å²) < 4.78 is 9.58. The summed E-state index contributed by atoms with van der Waals surface area (Å²) in [5, 5.41) is 13.7. The Labute approximate surface area is 171 Å². The predicted molar refractivity (Wildman–Crippen MR) is 119 cm³/mol. The number of aliphatic hydroxyl groups excluding tert-OH is 1. The maximum absolute atomic E-state index is 10.3. The zero-order chi connectivity index (χ0) is 20.1. The van der Waals surface area contributed by atoms with Crippen molar-refractivity contribution in [3.8, 4) is 0 Å². The van der Waals surface area contributed by atoms with Gasteiger partial charge in [0.05, 0.1) is 12.7 Å². The molecule has 1 aliphatic rings. The molecule has 0 aromatic heterocycles. The molecule has 0 aromatic rings. The smallest absolute Gasteiger partial charge is 0.105 e. The van der Waals surface area contributed by atoms with Gasteiger partial charge in [-0.3, -0.25) is 10.0 Å². The number of hydrogen-bond acceptors (Lipinski definition) is 5. The first-order valence-electron chi connectivity index (χ1n) is 10.6. The molecule has 1 rings (SSSR count). The van der Waals surface area contributed by atoms with Crippen LogP contribution in [0, 0.1) is 0 Å². The van der Waals surface area contributed by atoms with Crippen LogP contribution in [0.3, 0.4) is 0 Å². The minimum atomic E-state index is -0.482. The van der Waals surface area contributed by atoms with Crippen molar-refractivity contribution in [3.05, 3.63) is 24.3 Å². The van der Waals surface area contributed by atoms with Gasteiger partial charge in [0.2, 0.25) is 0 Å². The first kappa shape index (κ1) is 24.7. The number of rotatable bonds is 14. The Morgan fingerprint density at radius 1 is 1.30 bits per heavy atom. The Morgan fingerprint density at radius 2 is 2.00 bits per heavy atom. The summed E-state index contributed by atoms with van der Waals surface area (Å²) >= 11 is 1.77. The SMILES string of the molecule is C=CCC(NC(O)CCCCNSC(C)(C)C)/C(C)=C\COC1CCCC1. The summed E-state index contributed by atoms with van der Waals surface area (Å²) in [7, 11) is 0. The number of ether oxygens (including phenoxy) is 1. The van der Waals surface area contributed by atoms with Crippen LogP contribution in [-0.4, -0.2) is 41.4 Å². The molecule has 2 atom stereocenters. The summed E-state index contributed by atoms with van der Waals surface area (Å²) in [6.45, 7) is 14.2. The van der Waals surface area contributed by atoms with Gasteiger partial charge < -0.3 is 9.84 Å². The molecule has 0 spiro atoms. The first-order chi connectivity index (χ1) is 12.8. The van der Waals surface area contributed by atoms with Crippen molar-refractivity contribution in [3.63, 3.8) is 0 Å². The van der Waals surface area contributed by atoms with Gasteiger partial charge in [-0.2, -0.15) is 0 Å². The Hall–Kier alpha value is -0.330. The minimum Gasteiger partial charge on any atom is -0.379 e. The summed E-state index contributed by atoms with van der Waals surface area (Å²) in [5.74, 6) is 0. The summed E-state index contributed by atoms with van der Waals surface area (Å²) in [6, 6.07) is 0.124. The zero-order valence-corrected chi connectivity index (χ0v) is 18.7. The average Bonchev–Trinajstić information content (AvgIpc) is 3.10. The van der Waals surface area contributed by atoms with Crippen LogP contribution in [0.5, 0.6) is 0 Å². The van der Waals surface area contributed by atoms with Crippen molar-refractivity contribution in [1.82, 2.24) is 10.0 Å². The first-order valence-corrected chi connectivity index (χ1v) is 11.4. The highest BCUT2D eigenvalue weighted by Crippen LogP contribution is 2.21. The highest BCUT2D eigenvalue weighted by molar-refractivity contribution is 7.98. The molecule has 27 heavy (non-hydrogen) atoms. The van der Waals surface area contributed by atoms with Gasteiger partial charge in [0.25, 0.3) is 0 Å². The summed E-state index contributed by atoms with van der Waals surface area (Å²) in [6.07, 6.45) is 12.7. The van der Waals surface area contributed by atoms with E-state index in [0.29, 0.717) is 12.7 Å². The van der Waals surface area contributed by atoms with Crippen LogP contribution in [0.4, 0.5) is 0 Å². The Bertz CT molecular complexity index is 429. The monoisotopic (exact) mass is 398 g/mol. The minimum absolute atomic E-state index is 0.124. The van der Waals surface area contributed by atoms with Crippen molar-refractivity contribution in [2.45, 2.75) is 102 Å². The maximum atomic E-state index is 10.3. The number of hydrogen-bond donors (Lipinski definition) is 3. The normalized spacial score (nSPS) is 18.6. The van der Waals surface area contributed by atoms with Crippen LogP contribution in [0.25, 0.3) is 0 Å². The molecule has 0 bridgehead atoms. The molecular weight excluding hydrogens is 356 g/mol. The fourth-order valence-electron chi connectivity index (χ4n) is 3.18. The number of nitrogens with one attached hydrogen (secondary N) is 2. The van der Waals surface area contributed by atoms with Crippen LogP contribution in [-0.2, 0) is 4.74 Å². The predicted octanol–water partition coefficient (Wildman–Crippen LogP) is 4.95. The van der Waals surface area contributed by atoms with Crippen molar-refractivity contribution in [2.24, 2.45) is 0 Å². The van der Waals surface area contributed by atoms with Gasteiger partial charge in [0.1, 0.15) is 6.23 Å². The number of aliphatic hydroxyl groups is 1. The second-order valence-corrected chi connectivity index (χ2v) is 10.3. The maximum Gasteiger partial charge on any atom is 0.105 e. The highest BCUT2D eigenvalue weighted by atomic mass is 32.2. The standard InChI is InChI=1S/C22H42N2O2S/c1-6-11-20(18(2)15-17-26-19-12-7-8-13-19)24-21(25)14-9-10-16-23-27-22(3,4)5/h6,15,19-21,23-25H,1,7-14,16-17H2,2-5H3/b18-15-. The van der Waals surface area contributed by atoms with Crippen molar-refractivity contribution in [2.75, 3.05) is 13.2 Å². The molecule has 0 heterocycles. The van der Waals surface area contributed by atoms with E-state index >= 15 is 0 Å². The van der Waals surface area contributed by atoms with Gasteiger partial charge in [-0.05, 0) is 66.2 Å². The molecule has 5 heteroatoms. The average molecular weight is 399 g/mol. The third kappa shape index (κ3) is 12.7. The largest absolute Gasteiger partial charge is 0.379 e. The van der Waals surface area contributed by atoms with Crippen LogP contribution < -0.4 is 10.0 Å². The Kier molecular flexibility index (Phi) is 12.6. The quantitative estimate of drug-likeness (QED) is 0.167. The molecule has 1 saturated carbocycles. The highest BCUT2D eigenvalue weighted by Gasteiger charge is 2.16. The third-order valence-electron chi connectivity index (χ3n) is 4.77. The molecule has 2 unspecified atom stereocenters. The number of unbranched alkanes of at least 4 members (excludes halogenated alkanes) is 1. The van der Waals surface area contributed by atoms with E-state index in [4.69, 9.17) is 4.74 Å². The second-order valence-electron chi connectivity index (χ2n) is 8.55. The van der Waals surface area contributed by atoms with Gasteiger partial charge in [0, 0.05) is 17.3 Å². The topological polar surface area (TPSA) is 53.5 Å². The molecule has 0 amide bonds. The molecule has 0 saturated heterocycles. The van der Waals surface area contributed by atoms with E-state index in [1.807, 2.05) is 6.08 Å². The zero-order valence-electron chi connectivity index (χ0n) is 17.9. The lowest BCUT2D eigenvalue weighted by molar-refractivity contribution is 0.0790. The Balaban J connectivity index is 2.24. The van der Waals surface area contributed by atoms with Gasteiger partial charge in [0.15, 0.2) is 0 Å². The molecule has 1 fully saturated rings. The third-order valence-corrected chi connectivity index (χ3v) is 5.73. The second kappa shape index (κ2) is 13.8. The molecule has 3 N–H and O–H groups in total. The molecule has 0 radical (unpaired) electrons. The fourth-order valence-corrected chi connectivity index (χ4v) is 3.86. The molecule has 1 aliphatic carbocycles. The molecule has 158 valence electrons. The van der Waals surface area contributed by atoms with Gasteiger partial charge >= 0.3 is 0 Å². The van der Waals surface area contributed by atoms with E-state index < -0.39 is 6.23 Å². The van der Waals surface area contributed by atoms with Gasteiger partial charge in [-0.25, -0.2) is 0 Å². The lowest BCUT2D eigenvalue weighted by Gasteiger charge is -2.23. The van der Waals surface area contributed by atoms with E-state index in [9.17, 15) is 5.11 Å². The van der Waals surface area contributed by atoms with Crippen LogP contribution in [0.2, 0.25) is 0 Å². The van der Waals surface area contributed by atoms with E-state index in [0.717, 1.165) is 32.2 Å². The lowest BCUT2D eigenvalue weighted by atomic mass is 10.0. The molecule has 4 nitrogen and oxygen atoms in total. The van der Waals surface area contributed by atoms with Crippen LogP contribution >= 0.6 is 11.9 Å². The van der Waals surface area contributed by atoms with Gasteiger partial charge in [-0.1, -0.05) is 42.5 Å². The van der Waals surface area contributed by atoms with E-state index in [-0.39, 0.29) is 10.8 Å². The van der Waals surface area contributed by atoms with Crippen molar-refractivity contribution in [1.29, 1.82) is 0 Å². The van der Waals surface area contributed by atoms with E-state index in [1.54, 1.807) is 11.9 Å². The molecule has 0 aliphatic heterocycles. The van der Waals surface area contributed by atoms with E-state index in [1.165, 1.54) is 31.3 Å². The van der Waals surface area contributed by atoms with E-state index in [2.05, 4.69) is 50.4 Å². The molecule has 0 aromatic carbocycles. The molecular formula is C22H42N2O2S.